The molecule has 0 radical (unpaired) electrons. The smallest absolute Gasteiger partial charge is 0.338 e. The van der Waals surface area contributed by atoms with Crippen LogP contribution in [0.15, 0.2) is 18.2 Å². The van der Waals surface area contributed by atoms with E-state index in [2.05, 4.69) is 26.8 Å². The van der Waals surface area contributed by atoms with Crippen molar-refractivity contribution in [3.8, 4) is 0 Å². The molecule has 0 amide bonds. The number of carbonyl (C=O) groups is 1. The van der Waals surface area contributed by atoms with Crippen molar-refractivity contribution >= 4 is 5.97 Å². The van der Waals surface area contributed by atoms with Gasteiger partial charge in [0.05, 0.1) is 5.56 Å². The number of hydrogen-bond acceptors (Lipinski definition) is 2. The molecule has 1 aromatic carbocycles. The summed E-state index contributed by atoms with van der Waals surface area (Å²) in [5, 5.41) is 0. The summed E-state index contributed by atoms with van der Waals surface area (Å²) in [7, 11) is 0. The number of rotatable bonds is 1. The highest BCUT2D eigenvalue weighted by Crippen LogP contribution is 2.25. The topological polar surface area (TPSA) is 26.3 Å². The van der Waals surface area contributed by atoms with E-state index in [0.29, 0.717) is 5.56 Å². The van der Waals surface area contributed by atoms with E-state index in [0.717, 1.165) is 5.56 Å². The first-order valence-corrected chi connectivity index (χ1v) is 6.35. The lowest BCUT2D eigenvalue weighted by Crippen LogP contribution is -2.24. The van der Waals surface area contributed by atoms with Gasteiger partial charge in [-0.3, -0.25) is 0 Å². The normalized spacial score (nSPS) is 12.4. The van der Waals surface area contributed by atoms with Crippen LogP contribution in [0.25, 0.3) is 0 Å². The molecule has 2 nitrogen and oxygen atoms in total. The van der Waals surface area contributed by atoms with Crippen molar-refractivity contribution in [2.45, 2.75) is 59.5 Å². The Labute approximate surface area is 110 Å². The van der Waals surface area contributed by atoms with E-state index in [-0.39, 0.29) is 11.4 Å². The van der Waals surface area contributed by atoms with Crippen molar-refractivity contribution in [1.82, 2.24) is 0 Å². The van der Waals surface area contributed by atoms with E-state index < -0.39 is 5.60 Å². The summed E-state index contributed by atoms with van der Waals surface area (Å²) in [6.45, 7) is 14.1. The number of esters is 1. The van der Waals surface area contributed by atoms with Crippen molar-refractivity contribution in [3.63, 3.8) is 0 Å². The third-order valence-corrected chi connectivity index (χ3v) is 2.71. The van der Waals surface area contributed by atoms with E-state index in [4.69, 9.17) is 4.74 Å². The maximum absolute atomic E-state index is 12.0. The van der Waals surface area contributed by atoms with Crippen LogP contribution in [0.3, 0.4) is 0 Å². The zero-order chi connectivity index (χ0) is 14.1. The van der Waals surface area contributed by atoms with Crippen LogP contribution in [0.4, 0.5) is 0 Å². The molecule has 0 spiro atoms. The Hall–Kier alpha value is -1.31. The summed E-state index contributed by atoms with van der Waals surface area (Å²) < 4.78 is 5.39. The molecule has 2 heteroatoms. The molecule has 0 heterocycles. The lowest BCUT2D eigenvalue weighted by atomic mass is 9.85. The number of ether oxygens (including phenoxy) is 1. The molecule has 0 aliphatic heterocycles. The predicted octanol–water partition coefficient (Wildman–Crippen LogP) is 4.25. The standard InChI is InChI=1S/C16H24O2/c1-11-10-12(15(2,3)4)8-9-13(11)14(17)18-16(5,6)7/h8-10H,1-7H3. The SMILES string of the molecule is Cc1cc(C(C)(C)C)ccc1C(=O)OC(C)(C)C. The first kappa shape index (κ1) is 14.7. The van der Waals surface area contributed by atoms with E-state index in [1.807, 2.05) is 39.8 Å². The van der Waals surface area contributed by atoms with Crippen molar-refractivity contribution < 1.29 is 9.53 Å². The predicted molar refractivity (Wildman–Crippen MR) is 75.0 cm³/mol. The minimum Gasteiger partial charge on any atom is -0.456 e. The number of hydrogen-bond donors (Lipinski definition) is 0. The Kier molecular flexibility index (Phi) is 3.89. The molecule has 0 aliphatic carbocycles. The molecule has 1 aromatic rings. The van der Waals surface area contributed by atoms with Gasteiger partial charge < -0.3 is 4.74 Å². The average molecular weight is 248 g/mol. The van der Waals surface area contributed by atoms with Crippen molar-refractivity contribution in [2.24, 2.45) is 0 Å². The van der Waals surface area contributed by atoms with Crippen LogP contribution < -0.4 is 0 Å². The third-order valence-electron chi connectivity index (χ3n) is 2.71. The second-order valence-corrected chi connectivity index (χ2v) is 6.78. The summed E-state index contributed by atoms with van der Waals surface area (Å²) >= 11 is 0. The minimum absolute atomic E-state index is 0.0945. The summed E-state index contributed by atoms with van der Waals surface area (Å²) in [4.78, 5) is 12.0. The molecule has 0 aromatic heterocycles. The molecular formula is C16H24O2. The molecule has 100 valence electrons. The maximum atomic E-state index is 12.0. The summed E-state index contributed by atoms with van der Waals surface area (Å²) in [5.74, 6) is -0.250. The third kappa shape index (κ3) is 3.86. The molecule has 0 bridgehead atoms. The van der Waals surface area contributed by atoms with Gasteiger partial charge in [-0.1, -0.05) is 32.9 Å². The largest absolute Gasteiger partial charge is 0.456 e. The van der Waals surface area contributed by atoms with Gasteiger partial charge in [0.25, 0.3) is 0 Å². The Bertz CT molecular complexity index is 445. The Morgan fingerprint density at radius 1 is 1.06 bits per heavy atom. The fraction of sp³-hybridized carbons (Fsp3) is 0.562. The number of carbonyl (C=O) groups excluding carboxylic acids is 1. The fourth-order valence-corrected chi connectivity index (χ4v) is 1.69. The highest BCUT2D eigenvalue weighted by molar-refractivity contribution is 5.91. The first-order chi connectivity index (χ1) is 8.00. The van der Waals surface area contributed by atoms with Gasteiger partial charge in [-0.05, 0) is 50.3 Å². The van der Waals surface area contributed by atoms with Crippen molar-refractivity contribution in [3.05, 3.63) is 34.9 Å². The Balaban J connectivity index is 3.03. The van der Waals surface area contributed by atoms with Gasteiger partial charge >= 0.3 is 5.97 Å². The second kappa shape index (κ2) is 4.75. The van der Waals surface area contributed by atoms with Gasteiger partial charge in [0, 0.05) is 0 Å². The van der Waals surface area contributed by atoms with Crippen LogP contribution in [-0.4, -0.2) is 11.6 Å². The summed E-state index contributed by atoms with van der Waals surface area (Å²) in [6, 6.07) is 5.94. The van der Waals surface area contributed by atoms with Crippen LogP contribution in [0, 0.1) is 6.92 Å². The highest BCUT2D eigenvalue weighted by atomic mass is 16.6. The van der Waals surface area contributed by atoms with E-state index in [1.54, 1.807) is 0 Å². The molecular weight excluding hydrogens is 224 g/mol. The van der Waals surface area contributed by atoms with E-state index in [9.17, 15) is 4.79 Å². The zero-order valence-electron chi connectivity index (χ0n) is 12.5. The Morgan fingerprint density at radius 2 is 1.61 bits per heavy atom. The molecule has 0 aliphatic rings. The average Bonchev–Trinajstić information content (AvgIpc) is 2.12. The monoisotopic (exact) mass is 248 g/mol. The van der Waals surface area contributed by atoms with Crippen LogP contribution >= 0.6 is 0 Å². The fourth-order valence-electron chi connectivity index (χ4n) is 1.69. The highest BCUT2D eigenvalue weighted by Gasteiger charge is 2.21. The second-order valence-electron chi connectivity index (χ2n) is 6.78. The molecule has 0 saturated heterocycles. The number of benzene rings is 1. The zero-order valence-corrected chi connectivity index (χ0v) is 12.5. The van der Waals surface area contributed by atoms with Crippen LogP contribution in [0.1, 0.15) is 63.0 Å². The van der Waals surface area contributed by atoms with Gasteiger partial charge in [0.1, 0.15) is 5.60 Å². The van der Waals surface area contributed by atoms with E-state index >= 15 is 0 Å². The molecule has 1 rings (SSSR count). The van der Waals surface area contributed by atoms with Crippen LogP contribution in [-0.2, 0) is 10.2 Å². The molecule has 0 fully saturated rings. The molecule has 0 atom stereocenters. The summed E-state index contributed by atoms with van der Waals surface area (Å²) in [6.07, 6.45) is 0. The van der Waals surface area contributed by atoms with Crippen LogP contribution in [0.5, 0.6) is 0 Å². The number of aryl methyl sites for hydroxylation is 1. The molecule has 0 N–H and O–H groups in total. The van der Waals surface area contributed by atoms with Crippen LogP contribution in [0.2, 0.25) is 0 Å². The van der Waals surface area contributed by atoms with Gasteiger partial charge in [-0.25, -0.2) is 4.79 Å². The lowest BCUT2D eigenvalue weighted by Gasteiger charge is -2.22. The minimum atomic E-state index is -0.452. The van der Waals surface area contributed by atoms with Gasteiger partial charge in [-0.2, -0.15) is 0 Å². The van der Waals surface area contributed by atoms with Gasteiger partial charge in [0.15, 0.2) is 0 Å². The summed E-state index contributed by atoms with van der Waals surface area (Å²) in [5.41, 5.74) is 2.49. The molecule has 0 unspecified atom stereocenters. The Morgan fingerprint density at radius 3 is 2.00 bits per heavy atom. The maximum Gasteiger partial charge on any atom is 0.338 e. The quantitative estimate of drug-likeness (QED) is 0.694. The molecule has 18 heavy (non-hydrogen) atoms. The molecule has 0 saturated carbocycles. The lowest BCUT2D eigenvalue weighted by molar-refractivity contribution is 0.00687. The van der Waals surface area contributed by atoms with Crippen molar-refractivity contribution in [1.29, 1.82) is 0 Å². The van der Waals surface area contributed by atoms with E-state index in [1.165, 1.54) is 5.56 Å². The van der Waals surface area contributed by atoms with Crippen molar-refractivity contribution in [2.75, 3.05) is 0 Å². The first-order valence-electron chi connectivity index (χ1n) is 6.35. The van der Waals surface area contributed by atoms with Gasteiger partial charge in [-0.15, -0.1) is 0 Å². The van der Waals surface area contributed by atoms with Gasteiger partial charge in [0.2, 0.25) is 0 Å².